The van der Waals surface area contributed by atoms with E-state index in [2.05, 4.69) is 5.32 Å². The number of amides is 1. The van der Waals surface area contributed by atoms with Crippen LogP contribution in [-0.4, -0.2) is 50.0 Å². The first-order valence-electron chi connectivity index (χ1n) is 5.30. The lowest BCUT2D eigenvalue weighted by molar-refractivity contribution is -0.137. The van der Waals surface area contributed by atoms with Gasteiger partial charge >= 0.3 is 5.97 Å². The second-order valence-corrected chi connectivity index (χ2v) is 3.10. The highest BCUT2D eigenvalue weighted by molar-refractivity contribution is 5.77. The average Bonchev–Trinajstić information content (AvgIpc) is 2.24. The number of hydrogen-bond acceptors (Lipinski definition) is 4. The Morgan fingerprint density at radius 1 is 1.25 bits per heavy atom. The number of aliphatic carboxylic acids is 1. The van der Waals surface area contributed by atoms with Gasteiger partial charge in [-0.15, -0.1) is 0 Å². The molecule has 94 valence electrons. The molecule has 6 nitrogen and oxygen atoms in total. The Balaban J connectivity index is 3.21. The molecule has 0 heterocycles. The number of rotatable bonds is 10. The fourth-order valence-electron chi connectivity index (χ4n) is 0.946. The van der Waals surface area contributed by atoms with E-state index in [1.54, 1.807) is 0 Å². The van der Waals surface area contributed by atoms with E-state index in [-0.39, 0.29) is 18.9 Å². The van der Waals surface area contributed by atoms with E-state index in [9.17, 15) is 9.59 Å². The second-order valence-electron chi connectivity index (χ2n) is 3.10. The summed E-state index contributed by atoms with van der Waals surface area (Å²) in [5.41, 5.74) is 0. The summed E-state index contributed by atoms with van der Waals surface area (Å²) in [6.45, 7) is 3.72. The molecule has 0 spiro atoms. The second kappa shape index (κ2) is 10.4. The van der Waals surface area contributed by atoms with Crippen LogP contribution in [0.15, 0.2) is 0 Å². The molecule has 0 rings (SSSR count). The summed E-state index contributed by atoms with van der Waals surface area (Å²) in [5.74, 6) is -1.09. The smallest absolute Gasteiger partial charge is 0.303 e. The number of carboxylic acids is 1. The molecule has 2 N–H and O–H groups in total. The zero-order valence-corrected chi connectivity index (χ0v) is 9.53. The van der Waals surface area contributed by atoms with Crippen LogP contribution < -0.4 is 5.32 Å². The average molecular weight is 233 g/mol. The third-order valence-electron chi connectivity index (χ3n) is 1.70. The van der Waals surface area contributed by atoms with Gasteiger partial charge in [-0.3, -0.25) is 9.59 Å². The van der Waals surface area contributed by atoms with Crippen LogP contribution >= 0.6 is 0 Å². The van der Waals surface area contributed by atoms with Crippen LogP contribution in [0.5, 0.6) is 0 Å². The van der Waals surface area contributed by atoms with Gasteiger partial charge in [0.2, 0.25) is 5.91 Å². The summed E-state index contributed by atoms with van der Waals surface area (Å²) in [5, 5.41) is 10.9. The van der Waals surface area contributed by atoms with Crippen LogP contribution in [0.1, 0.15) is 19.8 Å². The first-order chi connectivity index (χ1) is 7.66. The standard InChI is InChI=1S/C10H19NO5/c1-2-15-6-7-16-8-9(12)11-5-3-4-10(13)14/h2-8H2,1H3,(H,11,12)(H,13,14). The maximum Gasteiger partial charge on any atom is 0.303 e. The summed E-state index contributed by atoms with van der Waals surface area (Å²) < 4.78 is 10.0. The Bertz CT molecular complexity index is 207. The Kier molecular flexibility index (Phi) is 9.64. The maximum atomic E-state index is 11.1. The van der Waals surface area contributed by atoms with Gasteiger partial charge in [0.15, 0.2) is 0 Å². The zero-order chi connectivity index (χ0) is 12.2. The van der Waals surface area contributed by atoms with Crippen molar-refractivity contribution in [2.75, 3.05) is 33.0 Å². The first-order valence-corrected chi connectivity index (χ1v) is 5.30. The van der Waals surface area contributed by atoms with Crippen molar-refractivity contribution in [1.29, 1.82) is 0 Å². The van der Waals surface area contributed by atoms with Crippen LogP contribution in [0.3, 0.4) is 0 Å². The topological polar surface area (TPSA) is 84.9 Å². The van der Waals surface area contributed by atoms with Crippen molar-refractivity contribution in [2.24, 2.45) is 0 Å². The van der Waals surface area contributed by atoms with Crippen molar-refractivity contribution in [3.63, 3.8) is 0 Å². The van der Waals surface area contributed by atoms with Crippen molar-refractivity contribution in [3.8, 4) is 0 Å². The van der Waals surface area contributed by atoms with Crippen molar-refractivity contribution in [3.05, 3.63) is 0 Å². The van der Waals surface area contributed by atoms with Gasteiger partial charge in [-0.25, -0.2) is 0 Å². The minimum atomic E-state index is -0.859. The predicted molar refractivity (Wildman–Crippen MR) is 57.2 cm³/mol. The number of nitrogens with one attached hydrogen (secondary N) is 1. The van der Waals surface area contributed by atoms with Crippen molar-refractivity contribution < 1.29 is 24.2 Å². The largest absolute Gasteiger partial charge is 0.481 e. The lowest BCUT2D eigenvalue weighted by Gasteiger charge is -2.05. The third kappa shape index (κ3) is 10.9. The molecule has 0 aliphatic heterocycles. The molecular weight excluding hydrogens is 214 g/mol. The van der Waals surface area contributed by atoms with E-state index in [0.717, 1.165) is 0 Å². The van der Waals surface area contributed by atoms with E-state index < -0.39 is 5.97 Å². The molecule has 0 saturated heterocycles. The lowest BCUT2D eigenvalue weighted by atomic mass is 10.3. The molecule has 0 atom stereocenters. The van der Waals surface area contributed by atoms with Crippen LogP contribution in [0, 0.1) is 0 Å². The van der Waals surface area contributed by atoms with E-state index >= 15 is 0 Å². The number of carboxylic acid groups (broad SMARTS) is 1. The fraction of sp³-hybridized carbons (Fsp3) is 0.800. The first kappa shape index (κ1) is 14.9. The van der Waals surface area contributed by atoms with Crippen LogP contribution in [0.4, 0.5) is 0 Å². The molecule has 6 heteroatoms. The Hall–Kier alpha value is -1.14. The van der Waals surface area contributed by atoms with Gasteiger partial charge in [-0.2, -0.15) is 0 Å². The van der Waals surface area contributed by atoms with Gasteiger partial charge in [-0.1, -0.05) is 0 Å². The summed E-state index contributed by atoms with van der Waals surface area (Å²) in [4.78, 5) is 21.3. The van der Waals surface area contributed by atoms with E-state index in [1.165, 1.54) is 0 Å². The monoisotopic (exact) mass is 233 g/mol. The Morgan fingerprint density at radius 3 is 2.56 bits per heavy atom. The summed E-state index contributed by atoms with van der Waals surface area (Å²) in [7, 11) is 0. The van der Waals surface area contributed by atoms with Crippen LogP contribution in [0.25, 0.3) is 0 Å². The molecule has 0 saturated carbocycles. The number of hydrogen-bond donors (Lipinski definition) is 2. The molecule has 0 aliphatic carbocycles. The maximum absolute atomic E-state index is 11.1. The molecule has 0 fully saturated rings. The highest BCUT2D eigenvalue weighted by atomic mass is 16.5. The summed E-state index contributed by atoms with van der Waals surface area (Å²) in [6, 6.07) is 0. The zero-order valence-electron chi connectivity index (χ0n) is 9.53. The summed E-state index contributed by atoms with van der Waals surface area (Å²) in [6.07, 6.45) is 0.492. The van der Waals surface area contributed by atoms with Gasteiger partial charge in [0.25, 0.3) is 0 Å². The number of carbonyl (C=O) groups excluding carboxylic acids is 1. The molecule has 0 aromatic carbocycles. The number of carbonyl (C=O) groups is 2. The molecule has 0 unspecified atom stereocenters. The van der Waals surface area contributed by atoms with Gasteiger partial charge in [0.1, 0.15) is 6.61 Å². The van der Waals surface area contributed by atoms with Crippen LogP contribution in [-0.2, 0) is 19.1 Å². The van der Waals surface area contributed by atoms with E-state index in [0.29, 0.717) is 32.8 Å². The Labute approximate surface area is 94.9 Å². The highest BCUT2D eigenvalue weighted by Gasteiger charge is 2.01. The van der Waals surface area contributed by atoms with E-state index in [1.807, 2.05) is 6.92 Å². The molecule has 0 aliphatic rings. The molecule has 1 amide bonds. The lowest BCUT2D eigenvalue weighted by Crippen LogP contribution is -2.29. The minimum Gasteiger partial charge on any atom is -0.481 e. The van der Waals surface area contributed by atoms with Crippen LogP contribution in [0.2, 0.25) is 0 Å². The van der Waals surface area contributed by atoms with Gasteiger partial charge < -0.3 is 19.9 Å². The minimum absolute atomic E-state index is 0.0137. The molecule has 0 aromatic heterocycles. The predicted octanol–water partition coefficient (Wildman–Crippen LogP) is 0.0205. The van der Waals surface area contributed by atoms with Gasteiger partial charge in [0, 0.05) is 19.6 Å². The third-order valence-corrected chi connectivity index (χ3v) is 1.70. The number of ether oxygens (including phenoxy) is 2. The highest BCUT2D eigenvalue weighted by Crippen LogP contribution is 1.86. The normalized spacial score (nSPS) is 10.1. The SMILES string of the molecule is CCOCCOCC(=O)NCCCC(=O)O. The van der Waals surface area contributed by atoms with Crippen molar-refractivity contribution in [1.82, 2.24) is 5.32 Å². The molecular formula is C10H19NO5. The van der Waals surface area contributed by atoms with E-state index in [4.69, 9.17) is 14.6 Å². The van der Waals surface area contributed by atoms with Crippen molar-refractivity contribution >= 4 is 11.9 Å². The van der Waals surface area contributed by atoms with Crippen molar-refractivity contribution in [2.45, 2.75) is 19.8 Å². The fourth-order valence-corrected chi connectivity index (χ4v) is 0.946. The quantitative estimate of drug-likeness (QED) is 0.520. The Morgan fingerprint density at radius 2 is 1.94 bits per heavy atom. The molecule has 16 heavy (non-hydrogen) atoms. The molecule has 0 bridgehead atoms. The molecule has 0 radical (unpaired) electrons. The summed E-state index contributed by atoms with van der Waals surface area (Å²) >= 11 is 0. The van der Waals surface area contributed by atoms with Gasteiger partial charge in [0.05, 0.1) is 13.2 Å². The van der Waals surface area contributed by atoms with Gasteiger partial charge in [-0.05, 0) is 13.3 Å². The molecule has 0 aromatic rings.